The number of amides is 2. The number of anilines is 1. The largest absolute Gasteiger partial charge is 0.343 e. The van der Waals surface area contributed by atoms with Crippen molar-refractivity contribution >= 4 is 11.7 Å². The van der Waals surface area contributed by atoms with Crippen molar-refractivity contribution in [2.45, 2.75) is 19.8 Å². The van der Waals surface area contributed by atoms with Crippen molar-refractivity contribution < 1.29 is 9.32 Å². The second-order valence-electron chi connectivity index (χ2n) is 5.55. The van der Waals surface area contributed by atoms with E-state index in [2.05, 4.69) is 31.0 Å². The van der Waals surface area contributed by atoms with Crippen molar-refractivity contribution in [3.05, 3.63) is 46.4 Å². The minimum atomic E-state index is -0.381. The molecule has 3 N–H and O–H groups in total. The molecule has 10 heteroatoms. The summed E-state index contributed by atoms with van der Waals surface area (Å²) in [4.78, 5) is 27.7. The van der Waals surface area contributed by atoms with E-state index >= 15 is 0 Å². The predicted molar refractivity (Wildman–Crippen MR) is 93.7 cm³/mol. The molecule has 3 rings (SSSR count). The fourth-order valence-corrected chi connectivity index (χ4v) is 2.34. The first-order valence-electron chi connectivity index (χ1n) is 8.15. The average Bonchev–Trinajstić information content (AvgIpc) is 3.24. The highest BCUT2D eigenvalue weighted by Crippen LogP contribution is 2.26. The van der Waals surface area contributed by atoms with Crippen LogP contribution in [0.1, 0.15) is 18.6 Å². The average molecular weight is 357 g/mol. The van der Waals surface area contributed by atoms with E-state index in [1.54, 1.807) is 25.2 Å². The summed E-state index contributed by atoms with van der Waals surface area (Å²) in [7, 11) is 1.62. The molecular formula is C16H19N7O3. The Morgan fingerprint density at radius 1 is 1.35 bits per heavy atom. The molecule has 0 saturated carbocycles. The summed E-state index contributed by atoms with van der Waals surface area (Å²) in [6.45, 7) is 2.26. The van der Waals surface area contributed by atoms with Gasteiger partial charge in [-0.3, -0.25) is 4.57 Å². The number of aryl methyl sites for hydroxylation is 1. The maximum atomic E-state index is 12.2. The van der Waals surface area contributed by atoms with Gasteiger partial charge in [-0.05, 0) is 12.1 Å². The number of carbonyl (C=O) groups is 1. The fraction of sp³-hybridized carbons (Fsp3) is 0.312. The van der Waals surface area contributed by atoms with Crippen LogP contribution in [-0.4, -0.2) is 37.5 Å². The number of rotatable bonds is 6. The number of hydrogen-bond acceptors (Lipinski definition) is 6. The van der Waals surface area contributed by atoms with Gasteiger partial charge in [0, 0.05) is 26.4 Å². The highest BCUT2D eigenvalue weighted by molar-refractivity contribution is 5.93. The molecular weight excluding hydrogens is 338 g/mol. The summed E-state index contributed by atoms with van der Waals surface area (Å²) in [5, 5.41) is 15.6. The molecule has 2 aromatic heterocycles. The normalized spacial score (nSPS) is 10.7. The first-order chi connectivity index (χ1) is 12.6. The third-order valence-electron chi connectivity index (χ3n) is 3.80. The highest BCUT2D eigenvalue weighted by atomic mass is 16.5. The van der Waals surface area contributed by atoms with Gasteiger partial charge in [-0.1, -0.05) is 24.2 Å². The number of para-hydroxylation sites is 1. The van der Waals surface area contributed by atoms with Crippen LogP contribution in [0.2, 0.25) is 0 Å². The summed E-state index contributed by atoms with van der Waals surface area (Å²) in [5.41, 5.74) is 0.914. The van der Waals surface area contributed by atoms with Crippen LogP contribution >= 0.6 is 0 Å². The molecule has 1 aromatic carbocycles. The van der Waals surface area contributed by atoms with Gasteiger partial charge < -0.3 is 15.2 Å². The molecule has 0 spiro atoms. The first-order valence-corrected chi connectivity index (χ1v) is 8.15. The van der Waals surface area contributed by atoms with E-state index in [1.165, 1.54) is 4.57 Å². The molecule has 0 aliphatic heterocycles. The van der Waals surface area contributed by atoms with Crippen molar-refractivity contribution in [3.63, 3.8) is 0 Å². The van der Waals surface area contributed by atoms with E-state index in [-0.39, 0.29) is 11.7 Å². The highest BCUT2D eigenvalue weighted by Gasteiger charge is 2.14. The van der Waals surface area contributed by atoms with Gasteiger partial charge in [0.2, 0.25) is 0 Å². The zero-order valence-electron chi connectivity index (χ0n) is 14.4. The van der Waals surface area contributed by atoms with E-state index in [0.717, 1.165) is 0 Å². The molecule has 3 aromatic rings. The van der Waals surface area contributed by atoms with Gasteiger partial charge in [-0.15, -0.1) is 0 Å². The molecule has 0 radical (unpaired) electrons. The topological polar surface area (TPSA) is 131 Å². The number of benzene rings is 1. The Kier molecular flexibility index (Phi) is 5.11. The molecule has 0 aliphatic rings. The third-order valence-corrected chi connectivity index (χ3v) is 3.80. The smallest absolute Gasteiger partial charge is 0.337 e. The molecule has 0 unspecified atom stereocenters. The zero-order chi connectivity index (χ0) is 18.5. The first kappa shape index (κ1) is 17.4. The number of urea groups is 1. The summed E-state index contributed by atoms with van der Waals surface area (Å²) in [5.74, 6) is 1.52. The maximum Gasteiger partial charge on any atom is 0.343 e. The van der Waals surface area contributed by atoms with Crippen LogP contribution in [0.4, 0.5) is 10.5 Å². The monoisotopic (exact) mass is 357 g/mol. The van der Waals surface area contributed by atoms with Gasteiger partial charge in [0.05, 0.1) is 11.3 Å². The number of aromatic nitrogens is 5. The number of carbonyl (C=O) groups excluding carboxylic acids is 1. The van der Waals surface area contributed by atoms with Crippen LogP contribution in [0.25, 0.3) is 11.5 Å². The second-order valence-corrected chi connectivity index (χ2v) is 5.55. The van der Waals surface area contributed by atoms with Crippen molar-refractivity contribution in [3.8, 4) is 11.5 Å². The minimum Gasteiger partial charge on any atom is -0.337 e. The Morgan fingerprint density at radius 2 is 2.15 bits per heavy atom. The number of H-pyrrole nitrogens is 1. The SMILES string of the molecule is CCc1noc(-c2ccccc2NC(=O)NCCc2n[nH]c(=O)n2C)n1. The van der Waals surface area contributed by atoms with Crippen molar-refractivity contribution in [2.75, 3.05) is 11.9 Å². The van der Waals surface area contributed by atoms with Crippen LogP contribution in [0.3, 0.4) is 0 Å². The van der Waals surface area contributed by atoms with Gasteiger partial charge in [-0.2, -0.15) is 10.1 Å². The fourth-order valence-electron chi connectivity index (χ4n) is 2.34. The Hall–Kier alpha value is -3.43. The van der Waals surface area contributed by atoms with Crippen molar-refractivity contribution in [1.29, 1.82) is 0 Å². The molecule has 2 heterocycles. The molecule has 2 amide bonds. The Bertz CT molecular complexity index is 957. The molecule has 136 valence electrons. The van der Waals surface area contributed by atoms with Gasteiger partial charge in [0.1, 0.15) is 5.82 Å². The van der Waals surface area contributed by atoms with Crippen molar-refractivity contribution in [1.82, 2.24) is 30.2 Å². The summed E-state index contributed by atoms with van der Waals surface area (Å²) in [6.07, 6.45) is 1.09. The summed E-state index contributed by atoms with van der Waals surface area (Å²) in [6, 6.07) is 6.79. The zero-order valence-corrected chi connectivity index (χ0v) is 14.4. The van der Waals surface area contributed by atoms with Crippen LogP contribution in [0, 0.1) is 0 Å². The van der Waals surface area contributed by atoms with Gasteiger partial charge >= 0.3 is 11.7 Å². The second kappa shape index (κ2) is 7.64. The van der Waals surface area contributed by atoms with Crippen molar-refractivity contribution in [2.24, 2.45) is 7.05 Å². The standard InChI is InChI=1S/C16H19N7O3/c1-3-12-19-14(26-22-12)10-6-4-5-7-11(10)18-15(24)17-9-8-13-20-21-16(25)23(13)2/h4-7H,3,8-9H2,1-2H3,(H,21,25)(H2,17,18,24). The van der Waals surface area contributed by atoms with Gasteiger partial charge in [-0.25, -0.2) is 14.7 Å². The van der Waals surface area contributed by atoms with E-state index in [0.29, 0.717) is 48.2 Å². The van der Waals surface area contributed by atoms with E-state index in [1.807, 2.05) is 13.0 Å². The lowest BCUT2D eigenvalue weighted by atomic mass is 10.2. The lowest BCUT2D eigenvalue weighted by Gasteiger charge is -2.09. The van der Waals surface area contributed by atoms with E-state index in [4.69, 9.17) is 4.52 Å². The Balaban J connectivity index is 1.62. The summed E-state index contributed by atoms with van der Waals surface area (Å²) < 4.78 is 6.64. The van der Waals surface area contributed by atoms with Gasteiger partial charge in [0.25, 0.3) is 5.89 Å². The summed E-state index contributed by atoms with van der Waals surface area (Å²) >= 11 is 0. The maximum absolute atomic E-state index is 12.2. The lowest BCUT2D eigenvalue weighted by Crippen LogP contribution is -2.31. The number of nitrogens with one attached hydrogen (secondary N) is 3. The van der Waals surface area contributed by atoms with Gasteiger partial charge in [0.15, 0.2) is 5.82 Å². The quantitative estimate of drug-likeness (QED) is 0.605. The van der Waals surface area contributed by atoms with Crippen LogP contribution in [0.15, 0.2) is 33.6 Å². The van der Waals surface area contributed by atoms with Crippen LogP contribution in [0.5, 0.6) is 0 Å². The molecule has 0 saturated heterocycles. The van der Waals surface area contributed by atoms with E-state index < -0.39 is 0 Å². The van der Waals surface area contributed by atoms with Crippen LogP contribution in [-0.2, 0) is 19.9 Å². The Labute approximate surface area is 148 Å². The molecule has 0 bridgehead atoms. The number of nitrogens with zero attached hydrogens (tertiary/aromatic N) is 4. The number of aromatic amines is 1. The number of hydrogen-bond donors (Lipinski definition) is 3. The van der Waals surface area contributed by atoms with E-state index in [9.17, 15) is 9.59 Å². The molecule has 0 atom stereocenters. The molecule has 0 aliphatic carbocycles. The minimum absolute atomic E-state index is 0.288. The molecule has 0 fully saturated rings. The lowest BCUT2D eigenvalue weighted by molar-refractivity contribution is 0.252. The Morgan fingerprint density at radius 3 is 2.85 bits per heavy atom. The third kappa shape index (κ3) is 3.79. The molecule has 26 heavy (non-hydrogen) atoms. The molecule has 10 nitrogen and oxygen atoms in total. The predicted octanol–water partition coefficient (Wildman–Crippen LogP) is 1.08. The van der Waals surface area contributed by atoms with Crippen LogP contribution < -0.4 is 16.3 Å².